The summed E-state index contributed by atoms with van der Waals surface area (Å²) in [7, 11) is 1.44. The molecule has 0 spiro atoms. The summed E-state index contributed by atoms with van der Waals surface area (Å²) in [6, 6.07) is 8.77. The van der Waals surface area contributed by atoms with Crippen molar-refractivity contribution in [2.24, 2.45) is 0 Å². The Morgan fingerprint density at radius 3 is 2.84 bits per heavy atom. The van der Waals surface area contributed by atoms with Crippen molar-refractivity contribution in [2.45, 2.75) is 29.3 Å². The lowest BCUT2D eigenvalue weighted by atomic mass is 9.74. The number of nitrogens with zero attached hydrogens (tertiary/aromatic N) is 6. The fourth-order valence-corrected chi connectivity index (χ4v) is 5.05. The Morgan fingerprint density at radius 1 is 1.44 bits per heavy atom. The Bertz CT molecular complexity index is 1170. The molecule has 2 aromatic heterocycles. The van der Waals surface area contributed by atoms with Gasteiger partial charge >= 0.3 is 0 Å². The van der Waals surface area contributed by atoms with Crippen molar-refractivity contribution in [3.8, 4) is 11.9 Å². The first-order valence-corrected chi connectivity index (χ1v) is 11.0. The third kappa shape index (κ3) is 3.63. The van der Waals surface area contributed by atoms with Crippen LogP contribution in [0.4, 0.5) is 0 Å². The van der Waals surface area contributed by atoms with Crippen molar-refractivity contribution in [3.63, 3.8) is 0 Å². The Morgan fingerprint density at radius 2 is 2.22 bits per heavy atom. The van der Waals surface area contributed by atoms with Crippen molar-refractivity contribution in [1.29, 1.82) is 5.26 Å². The molecule has 0 bridgehead atoms. The predicted molar refractivity (Wildman–Crippen MR) is 120 cm³/mol. The van der Waals surface area contributed by atoms with E-state index in [-0.39, 0.29) is 10.7 Å². The summed E-state index contributed by atoms with van der Waals surface area (Å²) in [5, 5.41) is 44.1. The minimum absolute atomic E-state index is 0.268. The molecule has 1 aromatic carbocycles. The molecule has 3 heterocycles. The van der Waals surface area contributed by atoms with Crippen LogP contribution in [0.15, 0.2) is 41.1 Å². The van der Waals surface area contributed by atoms with E-state index in [1.54, 1.807) is 36.7 Å². The van der Waals surface area contributed by atoms with Gasteiger partial charge in [-0.3, -0.25) is 0 Å². The molecule has 0 saturated carbocycles. The van der Waals surface area contributed by atoms with E-state index in [9.17, 15) is 15.5 Å². The molecule has 2 N–H and O–H groups in total. The van der Waals surface area contributed by atoms with Crippen LogP contribution in [-0.4, -0.2) is 72.5 Å². The van der Waals surface area contributed by atoms with Gasteiger partial charge in [0.2, 0.25) is 0 Å². The minimum atomic E-state index is -1.54. The van der Waals surface area contributed by atoms with Gasteiger partial charge in [0.05, 0.1) is 24.4 Å². The summed E-state index contributed by atoms with van der Waals surface area (Å²) in [4.78, 5) is 0. The first-order chi connectivity index (χ1) is 15.4. The van der Waals surface area contributed by atoms with Gasteiger partial charge in [-0.15, -0.1) is 17.7 Å². The lowest BCUT2D eigenvalue weighted by Crippen LogP contribution is -2.68. The standard InChI is InChI=1S/C19H18BrClN6O4S/c1-30-17-18(32)31-13(9-28)16(29)19(17,12-6-11(20)3-2-10(12)7-22)27-8-15(23-25-27)26-5-4-14(21)24-26/h2-6,8,13,16-18,28-29,32H,9H2,1H3/t13-,16+,17+,18-,19?/m1/s1. The van der Waals surface area contributed by atoms with Crippen LogP contribution in [0.5, 0.6) is 0 Å². The SMILES string of the molecule is CO[C@H]1[C@@H](S)O[C@H](CO)[C@H](O)C1(c1cc(Br)ccc1C#N)n1cc(-n2ccc(Cl)n2)nn1. The second-order valence-corrected chi connectivity index (χ2v) is 8.89. The van der Waals surface area contributed by atoms with Crippen LogP contribution in [0, 0.1) is 11.3 Å². The quantitative estimate of drug-likeness (QED) is 0.415. The number of hydrogen-bond acceptors (Lipinski definition) is 9. The van der Waals surface area contributed by atoms with E-state index < -0.39 is 35.9 Å². The van der Waals surface area contributed by atoms with Crippen molar-refractivity contribution >= 4 is 40.2 Å². The highest BCUT2D eigenvalue weighted by atomic mass is 79.9. The first kappa shape index (κ1) is 23.2. The van der Waals surface area contributed by atoms with Crippen LogP contribution in [0.2, 0.25) is 5.15 Å². The lowest BCUT2D eigenvalue weighted by Gasteiger charge is -2.51. The second kappa shape index (κ2) is 9.11. The predicted octanol–water partition coefficient (Wildman–Crippen LogP) is 1.52. The third-order valence-corrected chi connectivity index (χ3v) is 6.52. The van der Waals surface area contributed by atoms with E-state index in [2.05, 4.69) is 50.0 Å². The maximum atomic E-state index is 11.5. The number of hydrogen-bond donors (Lipinski definition) is 3. The highest BCUT2D eigenvalue weighted by Crippen LogP contribution is 2.45. The normalized spacial score (nSPS) is 27.9. The van der Waals surface area contributed by atoms with Gasteiger partial charge in [0, 0.05) is 23.3 Å². The van der Waals surface area contributed by atoms with E-state index in [0.29, 0.717) is 15.9 Å². The maximum Gasteiger partial charge on any atom is 0.195 e. The van der Waals surface area contributed by atoms with Crippen LogP contribution >= 0.6 is 40.2 Å². The molecular formula is C19H18BrClN6O4S. The third-order valence-electron chi connectivity index (χ3n) is 5.43. The van der Waals surface area contributed by atoms with Gasteiger partial charge in [0.1, 0.15) is 29.3 Å². The molecule has 1 unspecified atom stereocenters. The molecule has 5 atom stereocenters. The number of nitriles is 1. The van der Waals surface area contributed by atoms with Gasteiger partial charge in [0.15, 0.2) is 11.0 Å². The maximum absolute atomic E-state index is 11.5. The van der Waals surface area contributed by atoms with Gasteiger partial charge in [-0.05, 0) is 24.3 Å². The van der Waals surface area contributed by atoms with E-state index >= 15 is 0 Å². The highest BCUT2D eigenvalue weighted by Gasteiger charge is 2.60. The van der Waals surface area contributed by atoms with E-state index in [1.807, 2.05) is 0 Å². The molecule has 168 valence electrons. The molecular weight excluding hydrogens is 524 g/mol. The summed E-state index contributed by atoms with van der Waals surface area (Å²) >= 11 is 13.9. The van der Waals surface area contributed by atoms with Gasteiger partial charge in [-0.1, -0.05) is 32.7 Å². The summed E-state index contributed by atoms with van der Waals surface area (Å²) < 4.78 is 14.9. The molecule has 4 rings (SSSR count). The number of halogens is 2. The molecule has 13 heteroatoms. The second-order valence-electron chi connectivity index (χ2n) is 7.08. The molecule has 1 aliphatic rings. The van der Waals surface area contributed by atoms with Crippen LogP contribution in [0.25, 0.3) is 5.82 Å². The number of benzene rings is 1. The lowest BCUT2D eigenvalue weighted by molar-refractivity contribution is -0.213. The van der Waals surface area contributed by atoms with Crippen molar-refractivity contribution < 1.29 is 19.7 Å². The van der Waals surface area contributed by atoms with E-state index in [0.717, 1.165) is 0 Å². The Hall–Kier alpha value is -1.98. The van der Waals surface area contributed by atoms with Crippen molar-refractivity contribution in [2.75, 3.05) is 13.7 Å². The molecule has 1 fully saturated rings. The van der Waals surface area contributed by atoms with E-state index in [4.69, 9.17) is 21.1 Å². The molecule has 0 radical (unpaired) electrons. The van der Waals surface area contributed by atoms with Gasteiger partial charge in [-0.25, -0.2) is 9.36 Å². The fourth-order valence-electron chi connectivity index (χ4n) is 4.05. The van der Waals surface area contributed by atoms with Gasteiger partial charge < -0.3 is 19.7 Å². The Labute approximate surface area is 201 Å². The molecule has 1 saturated heterocycles. The Balaban J connectivity index is 2.03. The zero-order valence-electron chi connectivity index (χ0n) is 16.6. The average Bonchev–Trinajstić information content (AvgIpc) is 3.44. The number of thiol groups is 1. The molecule has 0 aliphatic carbocycles. The smallest absolute Gasteiger partial charge is 0.195 e. The minimum Gasteiger partial charge on any atom is -0.394 e. The van der Waals surface area contributed by atoms with Crippen LogP contribution in [0.3, 0.4) is 0 Å². The monoisotopic (exact) mass is 540 g/mol. The van der Waals surface area contributed by atoms with Crippen LogP contribution in [-0.2, 0) is 15.0 Å². The number of aromatic nitrogens is 5. The fraction of sp³-hybridized carbons (Fsp3) is 0.368. The molecule has 3 aromatic rings. The average molecular weight is 542 g/mol. The molecule has 32 heavy (non-hydrogen) atoms. The zero-order valence-corrected chi connectivity index (χ0v) is 19.8. The highest BCUT2D eigenvalue weighted by molar-refractivity contribution is 9.10. The summed E-state index contributed by atoms with van der Waals surface area (Å²) in [5.41, 5.74) is -1.75. The number of methoxy groups -OCH3 is 1. The van der Waals surface area contributed by atoms with E-state index in [1.165, 1.54) is 16.5 Å². The summed E-state index contributed by atoms with van der Waals surface area (Å²) in [5.74, 6) is 0.314. The largest absolute Gasteiger partial charge is 0.394 e. The van der Waals surface area contributed by atoms with Crippen molar-refractivity contribution in [3.05, 3.63) is 57.4 Å². The molecule has 1 aliphatic heterocycles. The first-order valence-electron chi connectivity index (χ1n) is 9.36. The summed E-state index contributed by atoms with van der Waals surface area (Å²) in [6.07, 6.45) is -0.212. The summed E-state index contributed by atoms with van der Waals surface area (Å²) in [6.45, 7) is -0.497. The number of rotatable bonds is 5. The topological polar surface area (TPSA) is 131 Å². The number of ether oxygens (including phenoxy) is 2. The number of aliphatic hydroxyl groups excluding tert-OH is 2. The molecule has 0 amide bonds. The van der Waals surface area contributed by atoms with Crippen LogP contribution < -0.4 is 0 Å². The Kier molecular flexibility index (Phi) is 6.60. The van der Waals surface area contributed by atoms with Crippen molar-refractivity contribution in [1.82, 2.24) is 24.8 Å². The van der Waals surface area contributed by atoms with Gasteiger partial charge in [0.25, 0.3) is 0 Å². The van der Waals surface area contributed by atoms with Crippen LogP contribution in [0.1, 0.15) is 11.1 Å². The zero-order chi connectivity index (χ0) is 23.0. The number of aliphatic hydroxyl groups is 2. The van der Waals surface area contributed by atoms with Gasteiger partial charge in [-0.2, -0.15) is 10.4 Å². The molecule has 10 nitrogen and oxygen atoms in total.